The Labute approximate surface area is 228 Å². The predicted octanol–water partition coefficient (Wildman–Crippen LogP) is 7.94. The molecule has 0 spiro atoms. The molecule has 0 unspecified atom stereocenters. The van der Waals surface area contributed by atoms with Crippen LogP contribution in [0.4, 0.5) is 4.39 Å². The Morgan fingerprint density at radius 1 is 1.05 bits per heavy atom. The van der Waals surface area contributed by atoms with Gasteiger partial charge in [-0.25, -0.2) is 4.39 Å². The second-order valence-corrected chi connectivity index (χ2v) is 17.0. The number of halogens is 2. The molecule has 3 aromatic carbocycles. The second kappa shape index (κ2) is 10.7. The normalized spacial score (nSPS) is 18.7. The van der Waals surface area contributed by atoms with Gasteiger partial charge in [0.25, 0.3) is 0 Å². The molecule has 37 heavy (non-hydrogen) atoms. The van der Waals surface area contributed by atoms with Gasteiger partial charge in [-0.15, -0.1) is 0 Å². The molecular formula is C30H35BrFNO3Si. The molecule has 1 saturated heterocycles. The molecule has 3 aromatic rings. The van der Waals surface area contributed by atoms with Crippen molar-refractivity contribution in [2.24, 2.45) is 0 Å². The molecule has 0 aromatic heterocycles. The monoisotopic (exact) mass is 583 g/mol. The molecule has 1 heterocycles. The van der Waals surface area contributed by atoms with E-state index in [4.69, 9.17) is 4.43 Å². The van der Waals surface area contributed by atoms with Crippen molar-refractivity contribution < 1.29 is 18.7 Å². The third-order valence-corrected chi connectivity index (χ3v) is 12.8. The van der Waals surface area contributed by atoms with Crippen molar-refractivity contribution in [1.82, 2.24) is 5.32 Å². The Bertz CT molecular complexity index is 1270. The summed E-state index contributed by atoms with van der Waals surface area (Å²) in [5.41, 5.74) is 3.70. The summed E-state index contributed by atoms with van der Waals surface area (Å²) >= 11 is 3.38. The third-order valence-electron chi connectivity index (χ3n) is 7.79. The van der Waals surface area contributed by atoms with E-state index in [0.29, 0.717) is 18.4 Å². The summed E-state index contributed by atoms with van der Waals surface area (Å²) in [5, 5.41) is 13.5. The third kappa shape index (κ3) is 6.00. The number of phenols is 1. The van der Waals surface area contributed by atoms with Crippen molar-refractivity contribution >= 4 is 30.2 Å². The zero-order valence-electron chi connectivity index (χ0n) is 22.0. The molecule has 0 bridgehead atoms. The first-order chi connectivity index (χ1) is 17.4. The lowest BCUT2D eigenvalue weighted by molar-refractivity contribution is -0.131. The van der Waals surface area contributed by atoms with Gasteiger partial charge in [-0.2, -0.15) is 0 Å². The van der Waals surface area contributed by atoms with Gasteiger partial charge in [-0.3, -0.25) is 4.79 Å². The first-order valence-electron chi connectivity index (χ1n) is 12.7. The topological polar surface area (TPSA) is 58.6 Å². The average Bonchev–Trinajstić information content (AvgIpc) is 2.81. The summed E-state index contributed by atoms with van der Waals surface area (Å²) in [4.78, 5) is 12.8. The highest BCUT2D eigenvalue weighted by Crippen LogP contribution is 2.44. The number of nitrogens with one attached hydrogen (secondary N) is 1. The van der Waals surface area contributed by atoms with E-state index in [1.54, 1.807) is 6.07 Å². The molecule has 1 amide bonds. The minimum absolute atomic E-state index is 0.0348. The molecule has 0 radical (unpaired) electrons. The number of rotatable bonds is 8. The maximum absolute atomic E-state index is 13.7. The van der Waals surface area contributed by atoms with Crippen molar-refractivity contribution in [2.45, 2.75) is 69.8 Å². The molecule has 0 aliphatic carbocycles. The number of aryl methyl sites for hydroxylation is 1. The van der Waals surface area contributed by atoms with Crippen molar-refractivity contribution in [1.29, 1.82) is 0 Å². The molecular weight excluding hydrogens is 549 g/mol. The molecule has 1 aliphatic heterocycles. The fourth-order valence-corrected chi connectivity index (χ4v) is 6.26. The minimum Gasteiger partial charge on any atom is -0.508 e. The number of hydrogen-bond donors (Lipinski definition) is 2. The molecule has 4 rings (SSSR count). The Morgan fingerprint density at radius 3 is 2.35 bits per heavy atom. The lowest BCUT2D eigenvalue weighted by atomic mass is 9.77. The van der Waals surface area contributed by atoms with Crippen LogP contribution in [0.3, 0.4) is 0 Å². The number of phenolic OH excluding ortho intramolecular Hbond substituents is 1. The molecule has 1 aliphatic rings. The van der Waals surface area contributed by atoms with Crippen LogP contribution in [0.15, 0.2) is 71.2 Å². The van der Waals surface area contributed by atoms with E-state index in [0.717, 1.165) is 21.2 Å². The van der Waals surface area contributed by atoms with Gasteiger partial charge in [0.1, 0.15) is 11.6 Å². The van der Waals surface area contributed by atoms with E-state index in [2.05, 4.69) is 61.2 Å². The quantitative estimate of drug-likeness (QED) is 0.209. The highest BCUT2D eigenvalue weighted by molar-refractivity contribution is 9.10. The highest BCUT2D eigenvalue weighted by atomic mass is 79.9. The lowest BCUT2D eigenvalue weighted by Crippen LogP contribution is -2.50. The summed E-state index contributed by atoms with van der Waals surface area (Å²) in [5.74, 6) is -0.541. The van der Waals surface area contributed by atoms with Crippen LogP contribution in [0, 0.1) is 5.82 Å². The first-order valence-corrected chi connectivity index (χ1v) is 16.4. The standard InChI is InChI=1S/C30H35BrFNO3Si/c1-30(2,3)37(4,5)36-26(20-10-14-22(32)15-11-20)17-12-19-8-6-7-9-23(19)27-28(33-29(27)35)24-16-13-21(31)18-25(24)34/h6-11,13-16,18,26-28,34H,12,17H2,1-5H3,(H,33,35)/t26-,27+,28+/m0/s1. The van der Waals surface area contributed by atoms with Crippen molar-refractivity contribution in [3.8, 4) is 5.75 Å². The number of aromatic hydroxyl groups is 1. The number of carbonyl (C=O) groups is 1. The van der Waals surface area contributed by atoms with Gasteiger partial charge in [-0.05, 0) is 71.9 Å². The highest BCUT2D eigenvalue weighted by Gasteiger charge is 2.43. The summed E-state index contributed by atoms with van der Waals surface area (Å²) in [7, 11) is -2.10. The van der Waals surface area contributed by atoms with Gasteiger partial charge < -0.3 is 14.8 Å². The number of hydrogen-bond acceptors (Lipinski definition) is 3. The molecule has 1 fully saturated rings. The van der Waals surface area contributed by atoms with Gasteiger partial charge in [0.2, 0.25) is 5.91 Å². The van der Waals surface area contributed by atoms with Crippen molar-refractivity contribution in [3.63, 3.8) is 0 Å². The zero-order valence-corrected chi connectivity index (χ0v) is 24.6. The van der Waals surface area contributed by atoms with Crippen LogP contribution in [0.5, 0.6) is 5.75 Å². The van der Waals surface area contributed by atoms with Crippen LogP contribution < -0.4 is 5.32 Å². The predicted molar refractivity (Wildman–Crippen MR) is 152 cm³/mol. The van der Waals surface area contributed by atoms with E-state index in [9.17, 15) is 14.3 Å². The number of benzene rings is 3. The SMILES string of the molecule is CC(C)(C)[Si](C)(C)O[C@@H](CCc1ccccc1[C@H]1C(=O)N[C@@H]1c1ccc(Br)cc1O)c1ccc(F)cc1. The van der Waals surface area contributed by atoms with Crippen molar-refractivity contribution in [2.75, 3.05) is 0 Å². The first kappa shape index (κ1) is 27.5. The zero-order chi connectivity index (χ0) is 27.0. The molecule has 3 atom stereocenters. The summed E-state index contributed by atoms with van der Waals surface area (Å²) in [6.07, 6.45) is 1.23. The summed E-state index contributed by atoms with van der Waals surface area (Å²) < 4.78 is 21.3. The maximum Gasteiger partial charge on any atom is 0.230 e. The number of β-lactam (4-membered cyclic amide) rings is 1. The summed E-state index contributed by atoms with van der Waals surface area (Å²) in [6, 6.07) is 19.7. The Kier molecular flexibility index (Phi) is 7.98. The van der Waals surface area contributed by atoms with Crippen LogP contribution in [-0.4, -0.2) is 19.3 Å². The largest absolute Gasteiger partial charge is 0.508 e. The molecule has 0 saturated carbocycles. The Hall–Kier alpha value is -2.48. The Morgan fingerprint density at radius 2 is 1.73 bits per heavy atom. The molecule has 4 nitrogen and oxygen atoms in total. The van der Waals surface area contributed by atoms with Gasteiger partial charge in [0, 0.05) is 10.0 Å². The maximum atomic E-state index is 13.7. The molecule has 7 heteroatoms. The van der Waals surface area contributed by atoms with Crippen LogP contribution in [0.1, 0.15) is 67.5 Å². The number of amides is 1. The summed E-state index contributed by atoms with van der Waals surface area (Å²) in [6.45, 7) is 11.1. The van der Waals surface area contributed by atoms with E-state index < -0.39 is 8.32 Å². The van der Waals surface area contributed by atoms with E-state index in [1.165, 1.54) is 12.1 Å². The van der Waals surface area contributed by atoms with E-state index in [-0.39, 0.29) is 40.6 Å². The molecule has 196 valence electrons. The van der Waals surface area contributed by atoms with E-state index >= 15 is 0 Å². The Balaban J connectivity index is 1.61. The fraction of sp³-hybridized carbons (Fsp3) is 0.367. The van der Waals surface area contributed by atoms with Crippen LogP contribution in [0.2, 0.25) is 18.1 Å². The van der Waals surface area contributed by atoms with Gasteiger partial charge in [-0.1, -0.05) is 79.2 Å². The van der Waals surface area contributed by atoms with Crippen molar-refractivity contribution in [3.05, 3.63) is 99.3 Å². The second-order valence-electron chi connectivity index (χ2n) is 11.3. The average molecular weight is 585 g/mol. The van der Waals surface area contributed by atoms with E-state index in [1.807, 2.05) is 42.5 Å². The fourth-order valence-electron chi connectivity index (χ4n) is 4.59. The smallest absolute Gasteiger partial charge is 0.230 e. The molecule has 2 N–H and O–H groups in total. The van der Waals surface area contributed by atoms with Gasteiger partial charge in [0.15, 0.2) is 8.32 Å². The van der Waals surface area contributed by atoms with Crippen LogP contribution in [-0.2, 0) is 15.6 Å². The lowest BCUT2D eigenvalue weighted by Gasteiger charge is -2.40. The van der Waals surface area contributed by atoms with Crippen LogP contribution >= 0.6 is 15.9 Å². The number of carbonyl (C=O) groups excluding carboxylic acids is 1. The van der Waals surface area contributed by atoms with Gasteiger partial charge >= 0.3 is 0 Å². The van der Waals surface area contributed by atoms with Crippen LogP contribution in [0.25, 0.3) is 0 Å². The van der Waals surface area contributed by atoms with Gasteiger partial charge in [0.05, 0.1) is 18.1 Å². The minimum atomic E-state index is -2.10.